The number of hydrogen-bond acceptors (Lipinski definition) is 0. The van der Waals surface area contributed by atoms with E-state index in [-0.39, 0.29) is 44.8 Å². The molecule has 404 valence electrons. The minimum Gasteiger partial charge on any atom is -0.366 e. The van der Waals surface area contributed by atoms with Crippen molar-refractivity contribution in [2.75, 3.05) is 5.90 Å². The van der Waals surface area contributed by atoms with Gasteiger partial charge in [0.25, 0.3) is 0 Å². The second-order valence-electron chi connectivity index (χ2n) is 20.4. The molecule has 0 aromatic heterocycles. The molecule has 12 aromatic rings. The number of rotatable bonds is 10. The van der Waals surface area contributed by atoms with Crippen LogP contribution in [0.2, 0.25) is 0 Å². The Morgan fingerprint density at radius 3 is 0.747 bits per heavy atom. The normalized spacial score (nSPS) is 12.3. The van der Waals surface area contributed by atoms with E-state index in [2.05, 4.69) is 315 Å². The Balaban J connectivity index is 0.000000137. The molecular formula is C79H58Ag2P2+2. The quantitative estimate of drug-likeness (QED) is 0.0554. The Kier molecular flexibility index (Phi) is 19.0. The van der Waals surface area contributed by atoms with E-state index in [9.17, 15) is 0 Å². The van der Waals surface area contributed by atoms with Crippen molar-refractivity contribution in [2.24, 2.45) is 0 Å². The first kappa shape index (κ1) is 58.3. The molecular weight excluding hydrogens is 1230 g/mol. The van der Waals surface area contributed by atoms with E-state index in [1.54, 1.807) is 0 Å². The molecule has 12 aromatic carbocycles. The van der Waals surface area contributed by atoms with E-state index in [1.165, 1.54) is 82.8 Å². The van der Waals surface area contributed by atoms with Crippen LogP contribution in [0.3, 0.4) is 0 Å². The standard InChI is InChI=1S/2C27H17.C25H22P2.2Ag/c2*1-2-20-12-11-18-24-23-17-9-10-19-25(23)27(26(20)24,21-13-5-3-6-14-21)22-15-7-4-8-16-22;1-5-13-22(14-6-1)26(23-15-7-2-8-16-23)21-27(24-17-9-3-10-18-24)25-19-11-4-12-20-25;;/h2*3-19H;1-20H,21H2;;/q2*-1;;2*+1/p+2. The molecule has 0 nitrogen and oxygen atoms in total. The third-order valence-corrected chi connectivity index (χ3v) is 23.0. The average molecular weight is 1290 g/mol. The van der Waals surface area contributed by atoms with Crippen LogP contribution in [0.5, 0.6) is 0 Å². The Morgan fingerprint density at radius 2 is 0.482 bits per heavy atom. The fraction of sp³-hybridized carbons (Fsp3) is 0.0380. The maximum Gasteiger partial charge on any atom is 1.00 e. The van der Waals surface area contributed by atoms with Crippen molar-refractivity contribution in [1.29, 1.82) is 0 Å². The van der Waals surface area contributed by atoms with Gasteiger partial charge < -0.3 is 12.8 Å². The summed E-state index contributed by atoms with van der Waals surface area (Å²) in [5.41, 5.74) is 15.3. The maximum absolute atomic E-state index is 7.97. The van der Waals surface area contributed by atoms with Gasteiger partial charge in [-0.25, -0.2) is 0 Å². The molecule has 0 atom stereocenters. The molecule has 2 aliphatic rings. The van der Waals surface area contributed by atoms with Crippen LogP contribution in [0, 0.1) is 24.7 Å². The Labute approximate surface area is 524 Å². The molecule has 0 unspecified atom stereocenters. The molecule has 0 saturated carbocycles. The second kappa shape index (κ2) is 27.0. The van der Waals surface area contributed by atoms with Crippen molar-refractivity contribution in [2.45, 2.75) is 10.8 Å². The predicted octanol–water partition coefficient (Wildman–Crippen LogP) is 16.6. The maximum atomic E-state index is 7.97. The predicted molar refractivity (Wildman–Crippen MR) is 346 cm³/mol. The number of fused-ring (bicyclic) bond motifs is 6. The van der Waals surface area contributed by atoms with Crippen molar-refractivity contribution >= 4 is 37.1 Å². The molecule has 0 amide bonds. The fourth-order valence-electron chi connectivity index (χ4n) is 12.7. The van der Waals surface area contributed by atoms with Gasteiger partial charge in [-0.3, -0.25) is 11.8 Å². The second-order valence-corrected chi connectivity index (χ2v) is 26.0. The summed E-state index contributed by atoms with van der Waals surface area (Å²) >= 11 is 0. The Morgan fingerprint density at radius 1 is 0.253 bits per heavy atom. The minimum absolute atomic E-state index is 0. The van der Waals surface area contributed by atoms with E-state index in [1.807, 2.05) is 24.3 Å². The van der Waals surface area contributed by atoms with Gasteiger partial charge in [0.1, 0.15) is 37.1 Å². The van der Waals surface area contributed by atoms with Crippen molar-refractivity contribution in [3.8, 4) is 34.1 Å². The zero-order chi connectivity index (χ0) is 54.9. The van der Waals surface area contributed by atoms with Gasteiger partial charge in [0.2, 0.25) is 0 Å². The zero-order valence-electron chi connectivity index (χ0n) is 45.5. The van der Waals surface area contributed by atoms with E-state index in [0.717, 1.165) is 22.3 Å². The molecule has 14 rings (SSSR count). The number of benzene rings is 12. The molecule has 0 bridgehead atoms. The van der Waals surface area contributed by atoms with Gasteiger partial charge in [0, 0.05) is 0 Å². The van der Waals surface area contributed by atoms with Crippen LogP contribution < -0.4 is 21.2 Å². The van der Waals surface area contributed by atoms with Gasteiger partial charge in [0.15, 0.2) is 5.90 Å². The van der Waals surface area contributed by atoms with Crippen LogP contribution in [0.15, 0.2) is 328 Å². The van der Waals surface area contributed by atoms with Gasteiger partial charge in [0.05, 0.1) is 10.8 Å². The summed E-state index contributed by atoms with van der Waals surface area (Å²) in [6, 6.07) is 117. The van der Waals surface area contributed by atoms with Crippen LogP contribution in [-0.4, -0.2) is 5.90 Å². The monoisotopic (exact) mass is 1280 g/mol. The summed E-state index contributed by atoms with van der Waals surface area (Å²) in [6.45, 7) is 0. The van der Waals surface area contributed by atoms with Crippen LogP contribution >= 0.6 is 15.8 Å². The number of hydrogen-bond donors (Lipinski definition) is 0. The molecule has 2 aliphatic carbocycles. The van der Waals surface area contributed by atoms with Gasteiger partial charge in [-0.15, -0.1) is 23.3 Å². The van der Waals surface area contributed by atoms with E-state index < -0.39 is 26.7 Å². The first-order valence-electron chi connectivity index (χ1n) is 27.6. The van der Waals surface area contributed by atoms with Gasteiger partial charge >= 0.3 is 44.8 Å². The summed E-state index contributed by atoms with van der Waals surface area (Å²) in [5, 5.41) is 6.01. The molecule has 0 radical (unpaired) electrons. The third kappa shape index (κ3) is 11.1. The SMILES string of the molecule is [Ag+].[Ag+].[C-]#Cc1cccc2c1C(c1ccccc1)(c1ccccc1)c1ccccc1-2.[C-]#Cc1cccc2c1C(c1ccccc1)(c1ccccc1)c1ccccc1-2.c1ccc([PH+](C[PH+](c2ccccc2)c2ccccc2)c2ccccc2)cc1. The van der Waals surface area contributed by atoms with Gasteiger partial charge in [-0.05, 0) is 104 Å². The first-order chi connectivity index (χ1) is 40.2. The molecule has 0 heterocycles. The van der Waals surface area contributed by atoms with Gasteiger partial charge in [-0.1, -0.05) is 278 Å². The van der Waals surface area contributed by atoms with Crippen molar-refractivity contribution in [3.63, 3.8) is 0 Å². The molecule has 0 spiro atoms. The van der Waals surface area contributed by atoms with Crippen molar-refractivity contribution in [3.05, 3.63) is 396 Å². The van der Waals surface area contributed by atoms with Crippen molar-refractivity contribution < 1.29 is 44.8 Å². The summed E-state index contributed by atoms with van der Waals surface area (Å²) in [5.74, 6) is 6.66. The molecule has 0 N–H and O–H groups in total. The first-order valence-corrected chi connectivity index (χ1v) is 31.0. The van der Waals surface area contributed by atoms with E-state index in [0.29, 0.717) is 0 Å². The molecule has 0 fully saturated rings. The third-order valence-electron chi connectivity index (χ3n) is 16.1. The molecule has 0 aliphatic heterocycles. The summed E-state index contributed by atoms with van der Waals surface area (Å²) in [6.07, 6.45) is 15.9. The van der Waals surface area contributed by atoms with Crippen LogP contribution in [0.1, 0.15) is 55.6 Å². The molecule has 4 heteroatoms. The van der Waals surface area contributed by atoms with Crippen LogP contribution in [-0.2, 0) is 55.6 Å². The Bertz CT molecular complexity index is 3710. The van der Waals surface area contributed by atoms with Crippen molar-refractivity contribution in [1.82, 2.24) is 0 Å². The smallest absolute Gasteiger partial charge is 0.366 e. The Hall–Kier alpha value is -7.90. The molecule has 0 saturated heterocycles. The van der Waals surface area contributed by atoms with E-state index >= 15 is 0 Å². The summed E-state index contributed by atoms with van der Waals surface area (Å²) < 4.78 is 0. The van der Waals surface area contributed by atoms with Gasteiger partial charge in [-0.2, -0.15) is 0 Å². The summed E-state index contributed by atoms with van der Waals surface area (Å²) in [4.78, 5) is 0. The molecule has 83 heavy (non-hydrogen) atoms. The van der Waals surface area contributed by atoms with Crippen LogP contribution in [0.4, 0.5) is 0 Å². The topological polar surface area (TPSA) is 0 Å². The van der Waals surface area contributed by atoms with E-state index in [4.69, 9.17) is 12.8 Å². The average Bonchev–Trinajstić information content (AvgIpc) is 1.67. The minimum atomic E-state index is -0.847. The largest absolute Gasteiger partial charge is 1.00 e. The zero-order valence-corrected chi connectivity index (χ0v) is 50.5. The van der Waals surface area contributed by atoms with Crippen LogP contribution in [0.25, 0.3) is 22.3 Å². The summed E-state index contributed by atoms with van der Waals surface area (Å²) in [7, 11) is -1.69. The fourth-order valence-corrected chi connectivity index (χ4v) is 20.4.